The summed E-state index contributed by atoms with van der Waals surface area (Å²) in [6.07, 6.45) is 2.91. The van der Waals surface area contributed by atoms with Crippen LogP contribution in [0.4, 0.5) is 0 Å². The molecule has 30 heteroatoms. The van der Waals surface area contributed by atoms with Crippen molar-refractivity contribution in [2.24, 2.45) is 17.8 Å². The van der Waals surface area contributed by atoms with Crippen molar-refractivity contribution in [1.82, 2.24) is 56.1 Å². The van der Waals surface area contributed by atoms with E-state index in [1.54, 1.807) is 22.8 Å². The number of aryl methyl sites for hydroxylation is 1. The van der Waals surface area contributed by atoms with Gasteiger partial charge in [0.15, 0.2) is 5.78 Å². The first-order chi connectivity index (χ1) is 41.0. The molecule has 4 aliphatic heterocycles. The molecule has 6 amide bonds. The summed E-state index contributed by atoms with van der Waals surface area (Å²) in [6, 6.07) is -3.87. The van der Waals surface area contributed by atoms with E-state index in [0.29, 0.717) is 96.8 Å². The standard InChI is InChI=1S/C56H83N11O19/c1-4-33(2)49(55(83)59-38-12-17-67-16-11-35-25-36(26-37(50(35)67)51(38)79)52(80)61-41-27-48(78)86-56(41)84-3)62-43(69)32-85-24-13-57-53(81)39(5-7-44(70)71)60-54(82)40(6-8-45(72)73)58-42(68)29-63-14-9-34(10-15-63)28-64-18-20-65(30-46(74)75)22-23-66(21-19-64)31-47(76)77/h11,16,26,33-34,36,38-41,49,56H,4-10,12-15,17-25,27-32H2,1-3H3,(H,57,81)(H,58,68)(H,59,83)(H,60,82)(H,61,80)(H,62,69)(H,70,71)(H,72,73)(H,74,75)(H,76,77)/t33?,36-,38-,39?,40?,41-,49?,56+/m0/s1. The van der Waals surface area contributed by atoms with Gasteiger partial charge in [-0.15, -0.1) is 0 Å². The number of carbonyl (C=O) groups excluding carboxylic acids is 8. The number of likely N-dealkylation sites (tertiary alicyclic amines) is 1. The first kappa shape index (κ1) is 67.7. The molecule has 5 aliphatic rings. The number of amides is 6. The van der Waals surface area contributed by atoms with E-state index in [-0.39, 0.29) is 70.0 Å². The van der Waals surface area contributed by atoms with Gasteiger partial charge in [0.05, 0.1) is 50.3 Å². The number of carboxylic acids is 4. The van der Waals surface area contributed by atoms with Crippen molar-refractivity contribution in [2.45, 2.75) is 121 Å². The quantitative estimate of drug-likeness (QED) is 0.0263. The number of hydrogen-bond acceptors (Lipinski definition) is 19. The van der Waals surface area contributed by atoms with E-state index >= 15 is 0 Å². The summed E-state index contributed by atoms with van der Waals surface area (Å²) in [4.78, 5) is 161. The predicted molar refractivity (Wildman–Crippen MR) is 301 cm³/mol. The van der Waals surface area contributed by atoms with Gasteiger partial charge in [0.1, 0.15) is 30.8 Å². The molecular weight excluding hydrogens is 1130 g/mol. The fraction of sp³-hybridized carbons (Fsp3) is 0.679. The number of carbonyl (C=O) groups is 12. The van der Waals surface area contributed by atoms with Gasteiger partial charge in [-0.05, 0) is 75.1 Å². The molecule has 0 bridgehead atoms. The maximum absolute atomic E-state index is 14.2. The number of piperidine rings is 1. The van der Waals surface area contributed by atoms with Gasteiger partial charge in [0.25, 0.3) is 0 Å². The van der Waals surface area contributed by atoms with Crippen LogP contribution in [0.5, 0.6) is 0 Å². The number of ketones is 1. The van der Waals surface area contributed by atoms with Gasteiger partial charge in [0, 0.05) is 90.6 Å². The number of aliphatic carboxylic acids is 4. The van der Waals surface area contributed by atoms with Crippen LogP contribution in [0.15, 0.2) is 18.3 Å². The molecule has 1 aromatic rings. The number of ether oxygens (including phenoxy) is 3. The third-order valence-corrected chi connectivity index (χ3v) is 16.2. The van der Waals surface area contributed by atoms with E-state index in [2.05, 4.69) is 36.8 Å². The van der Waals surface area contributed by atoms with Crippen molar-refractivity contribution < 1.29 is 92.2 Å². The van der Waals surface area contributed by atoms with E-state index in [4.69, 9.17) is 14.2 Å². The lowest BCUT2D eigenvalue weighted by Crippen LogP contribution is -2.55. The smallest absolute Gasteiger partial charge is 0.317 e. The van der Waals surface area contributed by atoms with Crippen molar-refractivity contribution in [3.63, 3.8) is 0 Å². The number of methoxy groups -OCH3 is 1. The highest BCUT2D eigenvalue weighted by atomic mass is 16.7. The van der Waals surface area contributed by atoms with Crippen molar-refractivity contribution >= 4 is 76.6 Å². The number of esters is 1. The van der Waals surface area contributed by atoms with Gasteiger partial charge in [-0.1, -0.05) is 26.3 Å². The Kier molecular flexibility index (Phi) is 25.9. The van der Waals surface area contributed by atoms with Gasteiger partial charge >= 0.3 is 29.8 Å². The summed E-state index contributed by atoms with van der Waals surface area (Å²) in [5.74, 6) is -10.5. The first-order valence-corrected chi connectivity index (χ1v) is 29.3. The Hall–Kier alpha value is -7.38. The zero-order valence-electron chi connectivity index (χ0n) is 49.0. The molecule has 476 valence electrons. The van der Waals surface area contributed by atoms with Crippen LogP contribution >= 0.6 is 0 Å². The van der Waals surface area contributed by atoms with Crippen LogP contribution < -0.4 is 31.9 Å². The summed E-state index contributed by atoms with van der Waals surface area (Å²) in [7, 11) is 1.36. The van der Waals surface area contributed by atoms with E-state index < -0.39 is 139 Å². The fourth-order valence-corrected chi connectivity index (χ4v) is 11.3. The molecule has 5 heterocycles. The second-order valence-corrected chi connectivity index (χ2v) is 22.6. The first-order valence-electron chi connectivity index (χ1n) is 29.3. The van der Waals surface area contributed by atoms with Crippen molar-refractivity contribution in [2.75, 3.05) is 105 Å². The maximum Gasteiger partial charge on any atom is 0.317 e. The van der Waals surface area contributed by atoms with Crippen molar-refractivity contribution in [3.8, 4) is 0 Å². The summed E-state index contributed by atoms with van der Waals surface area (Å²) in [6.45, 7) is 7.19. The molecule has 86 heavy (non-hydrogen) atoms. The Labute approximate surface area is 497 Å². The third-order valence-electron chi connectivity index (χ3n) is 16.2. The molecule has 0 radical (unpaired) electrons. The second-order valence-electron chi connectivity index (χ2n) is 22.6. The molecule has 8 atom stereocenters. The third kappa shape index (κ3) is 20.7. The van der Waals surface area contributed by atoms with Crippen LogP contribution in [0, 0.1) is 17.8 Å². The lowest BCUT2D eigenvalue weighted by Gasteiger charge is -2.35. The maximum atomic E-state index is 14.2. The van der Waals surface area contributed by atoms with Gasteiger partial charge in [-0.2, -0.15) is 0 Å². The Morgan fingerprint density at radius 1 is 0.686 bits per heavy atom. The van der Waals surface area contributed by atoms with E-state index in [0.717, 1.165) is 5.56 Å². The normalized spacial score (nSPS) is 22.1. The second kappa shape index (κ2) is 32.9. The van der Waals surface area contributed by atoms with Crippen LogP contribution in [0.1, 0.15) is 82.9 Å². The molecule has 3 saturated heterocycles. The molecule has 30 nitrogen and oxygen atoms in total. The molecule has 3 fully saturated rings. The Balaban J connectivity index is 0.959. The van der Waals surface area contributed by atoms with E-state index in [9.17, 15) is 78.0 Å². The fourth-order valence-electron chi connectivity index (χ4n) is 11.3. The number of nitrogens with zero attached hydrogens (tertiary/aromatic N) is 5. The zero-order valence-corrected chi connectivity index (χ0v) is 49.0. The van der Waals surface area contributed by atoms with Crippen molar-refractivity contribution in [1.29, 1.82) is 0 Å². The highest BCUT2D eigenvalue weighted by Gasteiger charge is 2.41. The molecule has 1 aliphatic carbocycles. The molecule has 4 unspecified atom stereocenters. The molecule has 0 spiro atoms. The lowest BCUT2D eigenvalue weighted by atomic mass is 9.85. The highest BCUT2D eigenvalue weighted by Crippen LogP contribution is 2.35. The predicted octanol–water partition coefficient (Wildman–Crippen LogP) is -2.93. The molecule has 1 aromatic heterocycles. The number of hydrogen-bond donors (Lipinski definition) is 10. The van der Waals surface area contributed by atoms with E-state index in [1.165, 1.54) is 7.11 Å². The summed E-state index contributed by atoms with van der Waals surface area (Å²) in [5, 5.41) is 53.6. The SMILES string of the molecule is CCC(C)C(NC(=O)COCCNC(=O)C(CCC(=O)O)NC(=O)C(CCC(=O)O)NC(=O)CN1CCC(CN2CCN(CC(=O)O)CCN(CC(=O)O)CC2)CC1)C(=O)N[C@H]1CCn2ccc3c2C(=C[C@@H](C(=O)N[C@H]2CC(=O)O[C@H]2OC)C3)C1=O. The van der Waals surface area contributed by atoms with Crippen LogP contribution in [-0.4, -0.2) is 258 Å². The molecule has 0 aromatic carbocycles. The Morgan fingerprint density at radius 3 is 1.88 bits per heavy atom. The molecule has 6 rings (SSSR count). The Morgan fingerprint density at radius 2 is 1.29 bits per heavy atom. The number of nitrogens with one attached hydrogen (secondary N) is 6. The molecule has 0 saturated carbocycles. The van der Waals surface area contributed by atoms with Gasteiger partial charge < -0.3 is 76.0 Å². The number of aromatic nitrogens is 1. The highest BCUT2D eigenvalue weighted by molar-refractivity contribution is 6.25. The monoisotopic (exact) mass is 1210 g/mol. The average Bonchev–Trinajstić information content (AvgIpc) is 1.68. The number of carboxylic acid groups (broad SMARTS) is 4. The van der Waals surface area contributed by atoms with Gasteiger partial charge in [-0.3, -0.25) is 72.2 Å². The summed E-state index contributed by atoms with van der Waals surface area (Å²) >= 11 is 0. The Bertz CT molecular complexity index is 2630. The average molecular weight is 1210 g/mol. The number of cyclic esters (lactones) is 1. The van der Waals surface area contributed by atoms with Crippen LogP contribution in [-0.2, 0) is 84.7 Å². The topological polar surface area (TPSA) is 404 Å². The van der Waals surface area contributed by atoms with Crippen molar-refractivity contribution in [3.05, 3.63) is 29.6 Å². The van der Waals surface area contributed by atoms with Crippen LogP contribution in [0.3, 0.4) is 0 Å². The van der Waals surface area contributed by atoms with E-state index in [1.807, 2.05) is 28.7 Å². The summed E-state index contributed by atoms with van der Waals surface area (Å²) < 4.78 is 17.7. The minimum atomic E-state index is -1.45. The minimum Gasteiger partial charge on any atom is -0.481 e. The van der Waals surface area contributed by atoms with Gasteiger partial charge in [0.2, 0.25) is 41.7 Å². The zero-order chi connectivity index (χ0) is 62.6. The summed E-state index contributed by atoms with van der Waals surface area (Å²) in [5.41, 5.74) is 1.67. The minimum absolute atomic E-state index is 0.0785. The van der Waals surface area contributed by atoms with Gasteiger partial charge in [-0.25, -0.2) is 0 Å². The number of Topliss-reactive ketones (excluding diaryl/α,β-unsaturated/α-hetero) is 1. The largest absolute Gasteiger partial charge is 0.481 e. The number of rotatable bonds is 31. The lowest BCUT2D eigenvalue weighted by molar-refractivity contribution is -0.160. The molecular formula is C56H83N11O19. The van der Waals surface area contributed by atoms with Crippen LogP contribution in [0.2, 0.25) is 0 Å². The van der Waals surface area contributed by atoms with Crippen LogP contribution in [0.25, 0.3) is 5.57 Å². The molecule has 10 N–H and O–H groups in total.